The van der Waals surface area contributed by atoms with Gasteiger partial charge in [0.2, 0.25) is 0 Å². The van der Waals surface area contributed by atoms with Gasteiger partial charge in [0.15, 0.2) is 0 Å². The van der Waals surface area contributed by atoms with Crippen molar-refractivity contribution in [3.05, 3.63) is 60.4 Å². The van der Waals surface area contributed by atoms with E-state index in [2.05, 4.69) is 63.5 Å². The fourth-order valence-corrected chi connectivity index (χ4v) is 6.21. The summed E-state index contributed by atoms with van der Waals surface area (Å²) < 4.78 is 11.0. The third kappa shape index (κ3) is 3.90. The fraction of sp³-hybridized carbons (Fsp3) is 0.333. The van der Waals surface area contributed by atoms with Crippen LogP contribution < -0.4 is 10.4 Å². The minimum Gasteiger partial charge on any atom is -0.472 e. The number of benzene rings is 1. The molecule has 0 radical (unpaired) electrons. The highest BCUT2D eigenvalue weighted by Crippen LogP contribution is 2.23. The predicted octanol–water partition coefficient (Wildman–Crippen LogP) is 5.22. The highest BCUT2D eigenvalue weighted by molar-refractivity contribution is 6.89. The first-order valence-electron chi connectivity index (χ1n) is 8.88. The van der Waals surface area contributed by atoms with Crippen LogP contribution in [0.5, 0.6) is 0 Å². The molecule has 25 heavy (non-hydrogen) atoms. The standard InChI is InChI=1S/C21H28O2Si2/c1-24(2,3)20-14-22-12-18(20)11-16-7-9-17(10-8-16)19-13-23-15-21(19)25(4,5)6/h7-10,12-15H,11H2,1-6H3. The third-order valence-corrected chi connectivity index (χ3v) is 8.74. The van der Waals surface area contributed by atoms with Gasteiger partial charge in [0, 0.05) is 12.0 Å². The second-order valence-electron chi connectivity index (χ2n) is 8.88. The fourth-order valence-electron chi connectivity index (χ4n) is 3.24. The van der Waals surface area contributed by atoms with Crippen molar-refractivity contribution in [2.45, 2.75) is 45.7 Å². The molecule has 0 atom stereocenters. The summed E-state index contributed by atoms with van der Waals surface area (Å²) in [4.78, 5) is 0. The Morgan fingerprint density at radius 3 is 1.84 bits per heavy atom. The average molecular weight is 369 g/mol. The van der Waals surface area contributed by atoms with Crippen LogP contribution in [-0.2, 0) is 6.42 Å². The lowest BCUT2D eigenvalue weighted by molar-refractivity contribution is 0.566. The summed E-state index contributed by atoms with van der Waals surface area (Å²) in [6.07, 6.45) is 8.62. The van der Waals surface area contributed by atoms with Gasteiger partial charge in [-0.05, 0) is 27.1 Å². The Hall–Kier alpha value is -1.79. The number of furan rings is 2. The van der Waals surface area contributed by atoms with Gasteiger partial charge in [0.1, 0.15) is 0 Å². The van der Waals surface area contributed by atoms with Gasteiger partial charge in [-0.3, -0.25) is 0 Å². The molecule has 0 aliphatic heterocycles. The van der Waals surface area contributed by atoms with Crippen molar-refractivity contribution in [3.8, 4) is 11.1 Å². The molecule has 2 aromatic heterocycles. The van der Waals surface area contributed by atoms with Crippen LogP contribution in [0.15, 0.2) is 58.2 Å². The first-order chi connectivity index (χ1) is 11.7. The first kappa shape index (κ1) is 18.0. The van der Waals surface area contributed by atoms with Crippen LogP contribution in [0.4, 0.5) is 0 Å². The minimum atomic E-state index is -1.40. The molecule has 132 valence electrons. The number of hydrogen-bond acceptors (Lipinski definition) is 2. The van der Waals surface area contributed by atoms with Crippen LogP contribution in [0.25, 0.3) is 11.1 Å². The monoisotopic (exact) mass is 368 g/mol. The van der Waals surface area contributed by atoms with E-state index in [0.717, 1.165) is 6.42 Å². The molecular formula is C21H28O2Si2. The second kappa shape index (κ2) is 6.50. The second-order valence-corrected chi connectivity index (χ2v) is 19.0. The molecule has 0 bridgehead atoms. The van der Waals surface area contributed by atoms with Crippen LogP contribution in [0.3, 0.4) is 0 Å². The normalized spacial score (nSPS) is 12.6. The van der Waals surface area contributed by atoms with E-state index in [1.54, 1.807) is 0 Å². The Bertz CT molecular complexity index is 843. The maximum atomic E-state index is 5.52. The first-order valence-corrected chi connectivity index (χ1v) is 15.9. The van der Waals surface area contributed by atoms with E-state index in [0.29, 0.717) is 0 Å². The maximum Gasteiger partial charge on any atom is 0.0979 e. The van der Waals surface area contributed by atoms with Crippen molar-refractivity contribution >= 4 is 26.5 Å². The molecule has 0 aliphatic rings. The summed E-state index contributed by atoms with van der Waals surface area (Å²) >= 11 is 0. The molecule has 0 fully saturated rings. The van der Waals surface area contributed by atoms with E-state index in [4.69, 9.17) is 8.83 Å². The molecular weight excluding hydrogens is 340 g/mol. The van der Waals surface area contributed by atoms with Crippen molar-refractivity contribution in [2.75, 3.05) is 0 Å². The summed E-state index contributed by atoms with van der Waals surface area (Å²) in [5, 5.41) is 2.81. The largest absolute Gasteiger partial charge is 0.472 e. The highest BCUT2D eigenvalue weighted by Gasteiger charge is 2.24. The lowest BCUT2D eigenvalue weighted by atomic mass is 10.0. The van der Waals surface area contributed by atoms with Gasteiger partial charge in [-0.1, -0.05) is 63.5 Å². The van der Waals surface area contributed by atoms with E-state index < -0.39 is 16.1 Å². The zero-order valence-corrected chi connectivity index (χ0v) is 18.1. The molecule has 2 nitrogen and oxygen atoms in total. The van der Waals surface area contributed by atoms with E-state index >= 15 is 0 Å². The highest BCUT2D eigenvalue weighted by atomic mass is 28.3. The molecule has 0 saturated carbocycles. The topological polar surface area (TPSA) is 26.3 Å². The summed E-state index contributed by atoms with van der Waals surface area (Å²) in [6.45, 7) is 14.1. The van der Waals surface area contributed by atoms with E-state index in [-0.39, 0.29) is 0 Å². The van der Waals surface area contributed by atoms with Gasteiger partial charge in [-0.2, -0.15) is 0 Å². The van der Waals surface area contributed by atoms with Crippen molar-refractivity contribution in [2.24, 2.45) is 0 Å². The molecule has 0 spiro atoms. The molecule has 0 aliphatic carbocycles. The molecule has 1 aromatic carbocycles. The Morgan fingerprint density at radius 2 is 1.24 bits per heavy atom. The third-order valence-electron chi connectivity index (χ3n) is 4.68. The van der Waals surface area contributed by atoms with Crippen molar-refractivity contribution in [3.63, 3.8) is 0 Å². The van der Waals surface area contributed by atoms with Crippen LogP contribution in [0, 0.1) is 0 Å². The lowest BCUT2D eigenvalue weighted by Crippen LogP contribution is -2.38. The van der Waals surface area contributed by atoms with Crippen molar-refractivity contribution in [1.82, 2.24) is 0 Å². The summed E-state index contributed by atoms with van der Waals surface area (Å²) in [5.41, 5.74) is 5.14. The SMILES string of the molecule is C[Si](C)(C)c1cocc1Cc1ccc(-c2cocc2[Si](C)(C)C)cc1. The molecule has 4 heteroatoms. The Kier molecular flexibility index (Phi) is 4.69. The van der Waals surface area contributed by atoms with E-state index in [9.17, 15) is 0 Å². The Balaban J connectivity index is 1.85. The maximum absolute atomic E-state index is 5.52. The number of hydrogen-bond donors (Lipinski definition) is 0. The summed E-state index contributed by atoms with van der Waals surface area (Å²) in [6, 6.07) is 8.91. The van der Waals surface area contributed by atoms with Gasteiger partial charge >= 0.3 is 0 Å². The lowest BCUT2D eigenvalue weighted by Gasteiger charge is -2.17. The molecule has 0 saturated heterocycles. The smallest absolute Gasteiger partial charge is 0.0979 e. The zero-order chi connectivity index (χ0) is 18.2. The Labute approximate surface area is 152 Å². The molecule has 2 heterocycles. The molecule has 3 aromatic rings. The van der Waals surface area contributed by atoms with E-state index in [1.165, 1.54) is 32.6 Å². The number of rotatable bonds is 5. The predicted molar refractivity (Wildman–Crippen MR) is 112 cm³/mol. The van der Waals surface area contributed by atoms with Gasteiger partial charge in [0.05, 0.1) is 41.2 Å². The van der Waals surface area contributed by atoms with E-state index in [1.807, 2.05) is 25.1 Å². The van der Waals surface area contributed by atoms with Crippen molar-refractivity contribution in [1.29, 1.82) is 0 Å². The summed E-state index contributed by atoms with van der Waals surface area (Å²) in [5.74, 6) is 0. The Morgan fingerprint density at radius 1 is 0.680 bits per heavy atom. The van der Waals surface area contributed by atoms with Crippen molar-refractivity contribution < 1.29 is 8.83 Å². The summed E-state index contributed by atoms with van der Waals surface area (Å²) in [7, 11) is -2.77. The van der Waals surface area contributed by atoms with Crippen LogP contribution in [0.2, 0.25) is 39.3 Å². The molecule has 3 rings (SSSR count). The van der Waals surface area contributed by atoms with Gasteiger partial charge < -0.3 is 8.83 Å². The minimum absolute atomic E-state index is 0.933. The van der Waals surface area contributed by atoms with Crippen LogP contribution in [0.1, 0.15) is 11.1 Å². The average Bonchev–Trinajstić information content (AvgIpc) is 3.15. The van der Waals surface area contributed by atoms with Gasteiger partial charge in [-0.25, -0.2) is 0 Å². The van der Waals surface area contributed by atoms with Crippen LogP contribution >= 0.6 is 0 Å². The van der Waals surface area contributed by atoms with Crippen LogP contribution in [-0.4, -0.2) is 16.1 Å². The molecule has 0 amide bonds. The zero-order valence-electron chi connectivity index (χ0n) is 16.1. The van der Waals surface area contributed by atoms with Gasteiger partial charge in [-0.15, -0.1) is 0 Å². The quantitative estimate of drug-likeness (QED) is 0.577. The van der Waals surface area contributed by atoms with Gasteiger partial charge in [0.25, 0.3) is 0 Å². The molecule has 0 N–H and O–H groups in total. The molecule has 0 unspecified atom stereocenters.